The van der Waals surface area contributed by atoms with E-state index >= 15 is 0 Å². The third kappa shape index (κ3) is 2.19. The van der Waals surface area contributed by atoms with Crippen LogP contribution in [0.2, 0.25) is 0 Å². The minimum Gasteiger partial charge on any atom is -0.481 e. The highest BCUT2D eigenvalue weighted by Crippen LogP contribution is 2.21. The van der Waals surface area contributed by atoms with Crippen molar-refractivity contribution in [2.45, 2.75) is 32.2 Å². The first-order chi connectivity index (χ1) is 5.24. The largest absolute Gasteiger partial charge is 0.481 e. The van der Waals surface area contributed by atoms with E-state index in [1.807, 2.05) is 0 Å². The molecule has 0 aromatic rings. The molecule has 0 bridgehead atoms. The van der Waals surface area contributed by atoms with E-state index in [2.05, 4.69) is 12.2 Å². The summed E-state index contributed by atoms with van der Waals surface area (Å²) in [7, 11) is 0. The van der Waals surface area contributed by atoms with Crippen molar-refractivity contribution < 1.29 is 9.90 Å². The van der Waals surface area contributed by atoms with Gasteiger partial charge in [-0.2, -0.15) is 0 Å². The Bertz CT molecular complexity index is 147. The Labute approximate surface area is 66.8 Å². The molecule has 64 valence electrons. The predicted molar refractivity (Wildman–Crippen MR) is 42.4 cm³/mol. The first-order valence-corrected chi connectivity index (χ1v) is 4.19. The predicted octanol–water partition coefficient (Wildman–Crippen LogP) is 0.849. The van der Waals surface area contributed by atoms with Crippen molar-refractivity contribution in [3.8, 4) is 0 Å². The molecule has 3 heteroatoms. The topological polar surface area (TPSA) is 49.3 Å². The fourth-order valence-electron chi connectivity index (χ4n) is 1.77. The highest BCUT2D eigenvalue weighted by Gasteiger charge is 2.26. The van der Waals surface area contributed by atoms with Crippen LogP contribution < -0.4 is 5.32 Å². The van der Waals surface area contributed by atoms with Crippen molar-refractivity contribution in [3.63, 3.8) is 0 Å². The molecular weight excluding hydrogens is 142 g/mol. The van der Waals surface area contributed by atoms with E-state index in [0.717, 1.165) is 19.4 Å². The smallest absolute Gasteiger partial charge is 0.303 e. The van der Waals surface area contributed by atoms with Crippen LogP contribution in [-0.4, -0.2) is 23.7 Å². The van der Waals surface area contributed by atoms with Gasteiger partial charge in [-0.05, 0) is 25.3 Å². The van der Waals surface area contributed by atoms with Crippen molar-refractivity contribution in [1.82, 2.24) is 5.32 Å². The molecule has 1 saturated heterocycles. The van der Waals surface area contributed by atoms with Crippen molar-refractivity contribution in [1.29, 1.82) is 0 Å². The standard InChI is InChI=1S/C8H15NO2/c1-2-7-6(3-4-9-7)5-8(10)11/h6-7,9H,2-5H2,1H3,(H,10,11). The third-order valence-electron chi connectivity index (χ3n) is 2.37. The molecule has 3 nitrogen and oxygen atoms in total. The van der Waals surface area contributed by atoms with Crippen LogP contribution in [0.3, 0.4) is 0 Å². The van der Waals surface area contributed by atoms with Gasteiger partial charge in [0, 0.05) is 12.5 Å². The molecule has 1 aliphatic heterocycles. The fraction of sp³-hybridized carbons (Fsp3) is 0.875. The molecule has 0 saturated carbocycles. The fourth-order valence-corrected chi connectivity index (χ4v) is 1.77. The number of aliphatic carboxylic acids is 1. The second-order valence-electron chi connectivity index (χ2n) is 3.12. The molecule has 0 aromatic heterocycles. The molecule has 11 heavy (non-hydrogen) atoms. The number of hydrogen-bond donors (Lipinski definition) is 2. The summed E-state index contributed by atoms with van der Waals surface area (Å²) < 4.78 is 0. The average Bonchev–Trinajstić information content (AvgIpc) is 2.34. The zero-order valence-electron chi connectivity index (χ0n) is 6.84. The summed E-state index contributed by atoms with van der Waals surface area (Å²) in [5.74, 6) is -0.311. The van der Waals surface area contributed by atoms with Crippen LogP contribution in [0.4, 0.5) is 0 Å². The van der Waals surface area contributed by atoms with Crippen LogP contribution >= 0.6 is 0 Å². The van der Waals surface area contributed by atoms with Crippen LogP contribution in [0.5, 0.6) is 0 Å². The Kier molecular flexibility index (Phi) is 2.88. The molecule has 1 rings (SSSR count). The zero-order valence-corrected chi connectivity index (χ0v) is 6.84. The number of carbonyl (C=O) groups is 1. The van der Waals surface area contributed by atoms with Gasteiger partial charge in [-0.1, -0.05) is 6.92 Å². The molecule has 0 radical (unpaired) electrons. The van der Waals surface area contributed by atoms with E-state index in [4.69, 9.17) is 5.11 Å². The Morgan fingerprint density at radius 2 is 2.45 bits per heavy atom. The molecule has 0 spiro atoms. The van der Waals surface area contributed by atoms with Crippen molar-refractivity contribution in [2.24, 2.45) is 5.92 Å². The normalized spacial score (nSPS) is 30.6. The van der Waals surface area contributed by atoms with Crippen LogP contribution in [-0.2, 0) is 4.79 Å². The lowest BCUT2D eigenvalue weighted by Crippen LogP contribution is -2.27. The quantitative estimate of drug-likeness (QED) is 0.638. The summed E-state index contributed by atoms with van der Waals surface area (Å²) in [6.07, 6.45) is 2.38. The van der Waals surface area contributed by atoms with E-state index < -0.39 is 5.97 Å². The van der Waals surface area contributed by atoms with Gasteiger partial charge in [0.1, 0.15) is 0 Å². The second-order valence-corrected chi connectivity index (χ2v) is 3.12. The number of carboxylic acid groups (broad SMARTS) is 1. The number of nitrogens with one attached hydrogen (secondary N) is 1. The molecule has 2 N–H and O–H groups in total. The minimum atomic E-state index is -0.669. The van der Waals surface area contributed by atoms with Gasteiger partial charge in [0.05, 0.1) is 0 Å². The van der Waals surface area contributed by atoms with Crippen LogP contribution in [0.15, 0.2) is 0 Å². The highest BCUT2D eigenvalue weighted by molar-refractivity contribution is 5.67. The summed E-state index contributed by atoms with van der Waals surface area (Å²) in [5, 5.41) is 11.9. The Hall–Kier alpha value is -0.570. The first kappa shape index (κ1) is 8.53. The highest BCUT2D eigenvalue weighted by atomic mass is 16.4. The van der Waals surface area contributed by atoms with Crippen molar-refractivity contribution in [3.05, 3.63) is 0 Å². The maximum atomic E-state index is 10.4. The zero-order chi connectivity index (χ0) is 8.27. The summed E-state index contributed by atoms with van der Waals surface area (Å²) in [6.45, 7) is 3.08. The lowest BCUT2D eigenvalue weighted by molar-refractivity contribution is -0.138. The van der Waals surface area contributed by atoms with E-state index in [-0.39, 0.29) is 0 Å². The maximum absolute atomic E-state index is 10.4. The Balaban J connectivity index is 2.37. The Morgan fingerprint density at radius 3 is 3.00 bits per heavy atom. The number of hydrogen-bond acceptors (Lipinski definition) is 2. The molecule has 0 aliphatic carbocycles. The molecule has 2 atom stereocenters. The molecular formula is C8H15NO2. The van der Waals surface area contributed by atoms with Gasteiger partial charge in [0.2, 0.25) is 0 Å². The summed E-state index contributed by atoms with van der Waals surface area (Å²) in [4.78, 5) is 10.4. The van der Waals surface area contributed by atoms with E-state index in [1.54, 1.807) is 0 Å². The average molecular weight is 157 g/mol. The van der Waals surface area contributed by atoms with Crippen LogP contribution in [0, 0.1) is 5.92 Å². The summed E-state index contributed by atoms with van der Waals surface area (Å²) in [5.41, 5.74) is 0. The van der Waals surface area contributed by atoms with Gasteiger partial charge < -0.3 is 10.4 Å². The molecule has 2 unspecified atom stereocenters. The second kappa shape index (κ2) is 3.72. The number of carboxylic acids is 1. The lowest BCUT2D eigenvalue weighted by atomic mass is 9.95. The summed E-state index contributed by atoms with van der Waals surface area (Å²) in [6, 6.07) is 0.436. The molecule has 0 aromatic carbocycles. The van der Waals surface area contributed by atoms with Gasteiger partial charge in [0.15, 0.2) is 0 Å². The van der Waals surface area contributed by atoms with Gasteiger partial charge >= 0.3 is 5.97 Å². The first-order valence-electron chi connectivity index (χ1n) is 4.19. The van der Waals surface area contributed by atoms with Crippen LogP contribution in [0.25, 0.3) is 0 Å². The third-order valence-corrected chi connectivity index (χ3v) is 2.37. The van der Waals surface area contributed by atoms with E-state index in [9.17, 15) is 4.79 Å². The Morgan fingerprint density at radius 1 is 1.73 bits per heavy atom. The van der Waals surface area contributed by atoms with Gasteiger partial charge in [0.25, 0.3) is 0 Å². The molecule has 1 aliphatic rings. The van der Waals surface area contributed by atoms with Crippen LogP contribution in [0.1, 0.15) is 26.2 Å². The number of rotatable bonds is 3. The monoisotopic (exact) mass is 157 g/mol. The lowest BCUT2D eigenvalue weighted by Gasteiger charge is -2.14. The van der Waals surface area contributed by atoms with Gasteiger partial charge in [-0.15, -0.1) is 0 Å². The van der Waals surface area contributed by atoms with E-state index in [0.29, 0.717) is 18.4 Å². The summed E-state index contributed by atoms with van der Waals surface area (Å²) >= 11 is 0. The molecule has 1 heterocycles. The van der Waals surface area contributed by atoms with Crippen molar-refractivity contribution in [2.75, 3.05) is 6.54 Å². The maximum Gasteiger partial charge on any atom is 0.303 e. The van der Waals surface area contributed by atoms with Crippen molar-refractivity contribution >= 4 is 5.97 Å². The van der Waals surface area contributed by atoms with Gasteiger partial charge in [-0.25, -0.2) is 0 Å². The minimum absolute atomic E-state index is 0.325. The SMILES string of the molecule is CCC1NCCC1CC(=O)O. The van der Waals surface area contributed by atoms with E-state index in [1.165, 1.54) is 0 Å². The molecule has 0 amide bonds. The van der Waals surface area contributed by atoms with Gasteiger partial charge in [-0.3, -0.25) is 4.79 Å². The molecule has 1 fully saturated rings.